The lowest BCUT2D eigenvalue weighted by atomic mass is 9.81. The fraction of sp³-hybridized carbons (Fsp3) is 0.368. The molecule has 140 valence electrons. The van der Waals surface area contributed by atoms with E-state index in [1.54, 1.807) is 7.05 Å². The standard InChI is InChI=1S/C19H23N7O/c1-10(2)26-17-14(16(20)22-9-23-17)15(25-26)11-5-6-12-7-13(18(27)21-4)24-19(12,3)8-11/h5-10,12,24H,1-4H3,(H,21,27)(H2,20,22,23). The SMILES string of the molecule is CNC(=O)C1=CC2C=CC(c3nn(C(C)C)c4ncnc(N)c34)=CC2(C)N1. The first-order valence-corrected chi connectivity index (χ1v) is 8.96. The zero-order valence-electron chi connectivity index (χ0n) is 15.8. The first kappa shape index (κ1) is 17.3. The molecule has 4 N–H and O–H groups in total. The molecule has 2 aliphatic rings. The lowest BCUT2D eigenvalue weighted by Gasteiger charge is -2.31. The maximum absolute atomic E-state index is 12.0. The van der Waals surface area contributed by atoms with Crippen molar-refractivity contribution in [1.29, 1.82) is 0 Å². The number of nitrogens with zero attached hydrogens (tertiary/aromatic N) is 4. The van der Waals surface area contributed by atoms with Gasteiger partial charge >= 0.3 is 0 Å². The number of likely N-dealkylation sites (N-methyl/N-ethyl adjacent to an activating group) is 1. The number of carbonyl (C=O) groups is 1. The third-order valence-corrected chi connectivity index (χ3v) is 5.13. The van der Waals surface area contributed by atoms with E-state index in [0.717, 1.165) is 22.3 Å². The first-order chi connectivity index (χ1) is 12.8. The third kappa shape index (κ3) is 2.59. The van der Waals surface area contributed by atoms with E-state index >= 15 is 0 Å². The first-order valence-electron chi connectivity index (χ1n) is 8.96. The van der Waals surface area contributed by atoms with Gasteiger partial charge in [-0.2, -0.15) is 5.10 Å². The molecule has 2 atom stereocenters. The van der Waals surface area contributed by atoms with Crippen molar-refractivity contribution in [3.05, 3.63) is 42.0 Å². The van der Waals surface area contributed by atoms with Crippen molar-refractivity contribution in [1.82, 2.24) is 30.4 Å². The summed E-state index contributed by atoms with van der Waals surface area (Å²) < 4.78 is 1.86. The van der Waals surface area contributed by atoms with Crippen LogP contribution < -0.4 is 16.4 Å². The number of allylic oxidation sites excluding steroid dienone is 2. The van der Waals surface area contributed by atoms with Crippen LogP contribution in [-0.2, 0) is 4.79 Å². The van der Waals surface area contributed by atoms with Crippen molar-refractivity contribution in [2.45, 2.75) is 32.4 Å². The molecule has 0 saturated heterocycles. The van der Waals surface area contributed by atoms with Gasteiger partial charge in [0.1, 0.15) is 17.8 Å². The molecule has 4 rings (SSSR count). The van der Waals surface area contributed by atoms with Gasteiger partial charge in [0.25, 0.3) is 5.91 Å². The van der Waals surface area contributed by atoms with Crippen LogP contribution in [0.1, 0.15) is 32.5 Å². The van der Waals surface area contributed by atoms with E-state index in [-0.39, 0.29) is 17.9 Å². The van der Waals surface area contributed by atoms with E-state index in [1.807, 2.05) is 16.8 Å². The summed E-state index contributed by atoms with van der Waals surface area (Å²) in [6.07, 6.45) is 9.62. The minimum atomic E-state index is -0.412. The summed E-state index contributed by atoms with van der Waals surface area (Å²) in [5.41, 5.74) is 8.73. The van der Waals surface area contributed by atoms with Crippen LogP contribution in [0.15, 0.2) is 36.3 Å². The quantitative estimate of drug-likeness (QED) is 0.761. The van der Waals surface area contributed by atoms with Gasteiger partial charge in [-0.3, -0.25) is 4.79 Å². The minimum Gasteiger partial charge on any atom is -0.383 e. The minimum absolute atomic E-state index is 0.0839. The molecule has 1 aliphatic carbocycles. The summed E-state index contributed by atoms with van der Waals surface area (Å²) in [5, 5.41) is 11.5. The van der Waals surface area contributed by atoms with Gasteiger partial charge in [-0.25, -0.2) is 14.6 Å². The number of nitrogens with one attached hydrogen (secondary N) is 2. The van der Waals surface area contributed by atoms with Gasteiger partial charge in [0.15, 0.2) is 5.65 Å². The third-order valence-electron chi connectivity index (χ3n) is 5.13. The molecular formula is C19H23N7O. The summed E-state index contributed by atoms with van der Waals surface area (Å²) in [7, 11) is 1.62. The normalized spacial score (nSPS) is 23.8. The van der Waals surface area contributed by atoms with E-state index in [4.69, 9.17) is 10.8 Å². The molecule has 0 radical (unpaired) electrons. The second kappa shape index (κ2) is 5.94. The van der Waals surface area contributed by atoms with Crippen LogP contribution in [0.5, 0.6) is 0 Å². The average Bonchev–Trinajstić information content (AvgIpc) is 3.19. The fourth-order valence-corrected chi connectivity index (χ4v) is 3.71. The smallest absolute Gasteiger partial charge is 0.266 e. The van der Waals surface area contributed by atoms with E-state index in [0.29, 0.717) is 11.5 Å². The van der Waals surface area contributed by atoms with Gasteiger partial charge in [0.2, 0.25) is 0 Å². The Hall–Kier alpha value is -3.16. The highest BCUT2D eigenvalue weighted by Crippen LogP contribution is 2.39. The van der Waals surface area contributed by atoms with Gasteiger partial charge in [0.05, 0.1) is 16.6 Å². The topological polar surface area (TPSA) is 111 Å². The summed E-state index contributed by atoms with van der Waals surface area (Å²) in [5.74, 6) is 0.369. The molecule has 2 aromatic rings. The van der Waals surface area contributed by atoms with Gasteiger partial charge in [-0.05, 0) is 32.9 Å². The Kier molecular flexibility index (Phi) is 3.80. The second-order valence-electron chi connectivity index (χ2n) is 7.40. The van der Waals surface area contributed by atoms with Crippen molar-refractivity contribution >= 4 is 28.3 Å². The number of amides is 1. The molecule has 2 unspecified atom stereocenters. The Balaban J connectivity index is 1.82. The summed E-state index contributed by atoms with van der Waals surface area (Å²) >= 11 is 0. The number of fused-ring (bicyclic) bond motifs is 2. The highest BCUT2D eigenvalue weighted by molar-refractivity contribution is 5.98. The molecule has 3 heterocycles. The zero-order chi connectivity index (χ0) is 19.3. The summed E-state index contributed by atoms with van der Waals surface area (Å²) in [4.78, 5) is 20.6. The Morgan fingerprint density at radius 2 is 2.19 bits per heavy atom. The Labute approximate surface area is 157 Å². The van der Waals surface area contributed by atoms with Gasteiger partial charge in [0, 0.05) is 24.6 Å². The monoisotopic (exact) mass is 365 g/mol. The Bertz CT molecular complexity index is 1030. The summed E-state index contributed by atoms with van der Waals surface area (Å²) in [6.45, 7) is 6.17. The number of aromatic nitrogens is 4. The van der Waals surface area contributed by atoms with Crippen LogP contribution >= 0.6 is 0 Å². The van der Waals surface area contributed by atoms with E-state index < -0.39 is 5.54 Å². The molecular weight excluding hydrogens is 342 g/mol. The molecule has 8 heteroatoms. The van der Waals surface area contributed by atoms with Crippen molar-refractivity contribution in [3.63, 3.8) is 0 Å². The van der Waals surface area contributed by atoms with E-state index in [9.17, 15) is 4.79 Å². The van der Waals surface area contributed by atoms with E-state index in [1.165, 1.54) is 6.33 Å². The molecule has 0 fully saturated rings. The fourth-order valence-electron chi connectivity index (χ4n) is 3.71. The predicted octanol–water partition coefficient (Wildman–Crippen LogP) is 1.55. The number of hydrogen-bond acceptors (Lipinski definition) is 6. The van der Waals surface area contributed by atoms with E-state index in [2.05, 4.69) is 53.5 Å². The number of rotatable bonds is 3. The lowest BCUT2D eigenvalue weighted by Crippen LogP contribution is -2.43. The van der Waals surface area contributed by atoms with Crippen LogP contribution in [0, 0.1) is 5.92 Å². The molecule has 8 nitrogen and oxygen atoms in total. The van der Waals surface area contributed by atoms with Crippen LogP contribution in [0.3, 0.4) is 0 Å². The molecule has 0 aromatic carbocycles. The summed E-state index contributed by atoms with van der Waals surface area (Å²) in [6, 6.07) is 0.137. The second-order valence-corrected chi connectivity index (χ2v) is 7.40. The number of anilines is 1. The zero-order valence-corrected chi connectivity index (χ0v) is 15.8. The highest BCUT2D eigenvalue weighted by Gasteiger charge is 2.39. The number of carbonyl (C=O) groups excluding carboxylic acids is 1. The molecule has 0 spiro atoms. The number of hydrogen-bond donors (Lipinski definition) is 3. The van der Waals surface area contributed by atoms with Crippen LogP contribution in [0.2, 0.25) is 0 Å². The van der Waals surface area contributed by atoms with Crippen LogP contribution in [0.25, 0.3) is 16.6 Å². The lowest BCUT2D eigenvalue weighted by molar-refractivity contribution is -0.117. The number of nitrogen functional groups attached to an aromatic ring is 1. The average molecular weight is 365 g/mol. The molecule has 1 aliphatic heterocycles. The van der Waals surface area contributed by atoms with Gasteiger partial charge < -0.3 is 16.4 Å². The van der Waals surface area contributed by atoms with Gasteiger partial charge in [-0.15, -0.1) is 0 Å². The maximum atomic E-state index is 12.0. The van der Waals surface area contributed by atoms with Crippen molar-refractivity contribution in [2.75, 3.05) is 12.8 Å². The molecule has 2 aromatic heterocycles. The molecule has 27 heavy (non-hydrogen) atoms. The van der Waals surface area contributed by atoms with Crippen molar-refractivity contribution in [3.8, 4) is 0 Å². The van der Waals surface area contributed by atoms with Crippen molar-refractivity contribution in [2.24, 2.45) is 5.92 Å². The Morgan fingerprint density at radius 3 is 2.89 bits per heavy atom. The molecule has 0 saturated carbocycles. The predicted molar refractivity (Wildman–Crippen MR) is 104 cm³/mol. The van der Waals surface area contributed by atoms with Gasteiger partial charge in [-0.1, -0.05) is 12.2 Å². The highest BCUT2D eigenvalue weighted by atomic mass is 16.2. The largest absolute Gasteiger partial charge is 0.383 e. The van der Waals surface area contributed by atoms with Crippen LogP contribution in [0.4, 0.5) is 5.82 Å². The molecule has 1 amide bonds. The maximum Gasteiger partial charge on any atom is 0.266 e. The van der Waals surface area contributed by atoms with Crippen LogP contribution in [-0.4, -0.2) is 38.2 Å². The molecule has 0 bridgehead atoms. The Morgan fingerprint density at radius 1 is 1.41 bits per heavy atom. The van der Waals surface area contributed by atoms with Crippen molar-refractivity contribution < 1.29 is 4.79 Å². The number of nitrogens with two attached hydrogens (primary N) is 1.